The molecule has 0 aliphatic carbocycles. The van der Waals surface area contributed by atoms with Gasteiger partial charge >= 0.3 is 0 Å². The van der Waals surface area contributed by atoms with E-state index in [9.17, 15) is 0 Å². The van der Waals surface area contributed by atoms with Gasteiger partial charge in [0.2, 0.25) is 0 Å². The fraction of sp³-hybridized carbons (Fsp3) is 1.00. The van der Waals surface area contributed by atoms with Crippen molar-refractivity contribution >= 4 is 39.8 Å². The van der Waals surface area contributed by atoms with Gasteiger partial charge in [-0.3, -0.25) is 0 Å². The molecule has 164 valence electrons. The van der Waals surface area contributed by atoms with E-state index in [2.05, 4.69) is 77.1 Å². The first kappa shape index (κ1) is 28.2. The Bertz CT molecular complexity index is 347. The van der Waals surface area contributed by atoms with Crippen LogP contribution in [-0.4, -0.2) is 47.5 Å². The molecule has 0 bridgehead atoms. The van der Waals surface area contributed by atoms with E-state index < -0.39 is 28.6 Å². The van der Waals surface area contributed by atoms with Crippen molar-refractivity contribution in [3.05, 3.63) is 0 Å². The van der Waals surface area contributed by atoms with Crippen molar-refractivity contribution in [2.24, 2.45) is 0 Å². The van der Waals surface area contributed by atoms with E-state index in [-0.39, 0.29) is 0 Å². The Labute approximate surface area is 180 Å². The van der Waals surface area contributed by atoms with Crippen LogP contribution >= 0.6 is 11.2 Å². The zero-order chi connectivity index (χ0) is 21.2. The van der Waals surface area contributed by atoms with Gasteiger partial charge in [0.1, 0.15) is 0 Å². The van der Waals surface area contributed by atoms with Crippen LogP contribution in [0.15, 0.2) is 0 Å². The van der Waals surface area contributed by atoms with Gasteiger partial charge in [-0.05, 0) is 6.42 Å². The summed E-state index contributed by atoms with van der Waals surface area (Å²) in [5, 5.41) is 0. The second-order valence-corrected chi connectivity index (χ2v) is 57.6. The van der Waals surface area contributed by atoms with Gasteiger partial charge in [-0.2, -0.15) is 11.2 Å². The fourth-order valence-corrected chi connectivity index (χ4v) is 115. The monoisotopic (exact) mass is 464 g/mol. The smallest absolute Gasteiger partial charge is 0.0947 e. The van der Waals surface area contributed by atoms with Crippen LogP contribution < -0.4 is 0 Å². The summed E-state index contributed by atoms with van der Waals surface area (Å²) in [7, 11) is -3.41. The molecule has 0 fully saturated rings. The van der Waals surface area contributed by atoms with E-state index in [1.807, 2.05) is 0 Å². The SMILES string of the molecule is CCCCCCCCCCOCCS[Si]([Si](C)(C)C)([Si](C)(C)C)[Si](C)(C)C. The molecule has 0 heterocycles. The maximum absolute atomic E-state index is 6.06. The minimum atomic E-state index is -1.24. The Hall–Kier alpha value is 1.18. The van der Waals surface area contributed by atoms with E-state index in [1.165, 1.54) is 57.1 Å². The number of rotatable bonds is 16. The predicted octanol–water partition coefficient (Wildman–Crippen LogP) is 8.07. The molecule has 0 aromatic heterocycles. The minimum Gasteiger partial charge on any atom is -0.381 e. The van der Waals surface area contributed by atoms with Crippen molar-refractivity contribution in [2.75, 3.05) is 19.0 Å². The first-order valence-corrected chi connectivity index (χ1v) is 28.7. The molecule has 0 amide bonds. The maximum Gasteiger partial charge on any atom is 0.0947 e. The van der Waals surface area contributed by atoms with Crippen LogP contribution in [0.25, 0.3) is 0 Å². The molecular weight excluding hydrogens is 413 g/mol. The molecule has 0 unspecified atom stereocenters. The number of unbranched alkanes of at least 4 members (excludes halogenated alkanes) is 7. The largest absolute Gasteiger partial charge is 0.381 e. The highest BCUT2D eigenvalue weighted by atomic mass is 32.4. The van der Waals surface area contributed by atoms with Crippen LogP contribution in [0.3, 0.4) is 0 Å². The molecule has 0 atom stereocenters. The Morgan fingerprint density at radius 2 is 0.963 bits per heavy atom. The molecule has 0 aliphatic heterocycles. The van der Waals surface area contributed by atoms with Gasteiger partial charge in [-0.25, -0.2) is 0 Å². The molecule has 27 heavy (non-hydrogen) atoms. The Morgan fingerprint density at radius 1 is 0.556 bits per heavy atom. The van der Waals surface area contributed by atoms with Crippen molar-refractivity contribution < 1.29 is 4.74 Å². The zero-order valence-corrected chi connectivity index (χ0v) is 25.4. The van der Waals surface area contributed by atoms with Crippen molar-refractivity contribution in [3.63, 3.8) is 0 Å². The zero-order valence-electron chi connectivity index (χ0n) is 20.6. The average Bonchev–Trinajstić information content (AvgIpc) is 2.48. The summed E-state index contributed by atoms with van der Waals surface area (Å²) in [6.07, 6.45) is 11.1. The second-order valence-electron chi connectivity index (χ2n) is 11.4. The van der Waals surface area contributed by atoms with Gasteiger partial charge in [-0.1, -0.05) is 111 Å². The maximum atomic E-state index is 6.06. The van der Waals surface area contributed by atoms with Crippen molar-refractivity contribution in [2.45, 2.75) is 117 Å². The van der Waals surface area contributed by atoms with Gasteiger partial charge < -0.3 is 4.74 Å². The summed E-state index contributed by atoms with van der Waals surface area (Å²) in [5.41, 5.74) is 0. The lowest BCUT2D eigenvalue weighted by molar-refractivity contribution is 0.145. The third-order valence-corrected chi connectivity index (χ3v) is 94.9. The summed E-state index contributed by atoms with van der Waals surface area (Å²) in [5.74, 6) is 0.00779. The van der Waals surface area contributed by atoms with Gasteiger partial charge in [-0.15, -0.1) is 0 Å². The van der Waals surface area contributed by atoms with E-state index >= 15 is 0 Å². The molecule has 0 N–H and O–H groups in total. The number of ether oxygens (including phenoxy) is 1. The third-order valence-electron chi connectivity index (χ3n) is 5.86. The predicted molar refractivity (Wildman–Crippen MR) is 142 cm³/mol. The van der Waals surface area contributed by atoms with Crippen LogP contribution in [0.4, 0.5) is 0 Å². The van der Waals surface area contributed by atoms with Gasteiger partial charge in [0.25, 0.3) is 0 Å². The third kappa shape index (κ3) is 9.24. The van der Waals surface area contributed by atoms with E-state index in [0.29, 0.717) is 0 Å². The Morgan fingerprint density at radius 3 is 1.37 bits per heavy atom. The molecule has 0 aromatic carbocycles. The molecule has 0 aliphatic rings. The van der Waals surface area contributed by atoms with Crippen LogP contribution in [0.2, 0.25) is 58.9 Å². The van der Waals surface area contributed by atoms with E-state index in [1.54, 1.807) is 0 Å². The minimum absolute atomic E-state index is 0.982. The molecule has 1 nitrogen and oxygen atoms in total. The second kappa shape index (κ2) is 12.8. The number of hydrogen-bond donors (Lipinski definition) is 0. The van der Waals surface area contributed by atoms with Crippen LogP contribution in [0.1, 0.15) is 58.3 Å². The highest BCUT2D eigenvalue weighted by molar-refractivity contribution is 8.50. The highest BCUT2D eigenvalue weighted by Gasteiger charge is 2.61. The summed E-state index contributed by atoms with van der Waals surface area (Å²) >= 11 is 2.47. The quantitative estimate of drug-likeness (QED) is 0.169. The lowest BCUT2D eigenvalue weighted by Gasteiger charge is -2.56. The summed E-state index contributed by atoms with van der Waals surface area (Å²) in [6, 6.07) is 0. The lowest BCUT2D eigenvalue weighted by atomic mass is 10.1. The van der Waals surface area contributed by atoms with Gasteiger partial charge in [0.05, 0.1) is 12.4 Å². The van der Waals surface area contributed by atoms with Crippen molar-refractivity contribution in [1.29, 1.82) is 0 Å². The standard InChI is InChI=1S/C21H52OSSi4/c1-11-12-13-14-15-16-17-18-19-22-20-21-23-27(24(2,3)4,25(5,6)7)26(8,9)10/h11-21H2,1-10H3. The topological polar surface area (TPSA) is 9.23 Å². The summed E-state index contributed by atoms with van der Waals surface area (Å²) in [4.78, 5) is 0. The lowest BCUT2D eigenvalue weighted by Crippen LogP contribution is -2.81. The summed E-state index contributed by atoms with van der Waals surface area (Å²) < 4.78 is 6.06. The average molecular weight is 465 g/mol. The molecular formula is C21H52OSSi4. The highest BCUT2D eigenvalue weighted by Crippen LogP contribution is 2.44. The molecule has 0 radical (unpaired) electrons. The molecule has 6 heteroatoms. The Balaban J connectivity index is 4.27. The van der Waals surface area contributed by atoms with Crippen molar-refractivity contribution in [1.82, 2.24) is 0 Å². The van der Waals surface area contributed by atoms with E-state index in [0.717, 1.165) is 13.2 Å². The molecule has 0 saturated heterocycles. The molecule has 0 spiro atoms. The Kier molecular flexibility index (Phi) is 13.3. The number of hydrogen-bond acceptors (Lipinski definition) is 2. The van der Waals surface area contributed by atoms with Crippen molar-refractivity contribution in [3.8, 4) is 0 Å². The molecule has 0 rings (SSSR count). The van der Waals surface area contributed by atoms with Gasteiger partial charge in [0.15, 0.2) is 0 Å². The molecule has 0 aromatic rings. The first-order chi connectivity index (χ1) is 12.3. The normalized spacial score (nSPS) is 14.0. The van der Waals surface area contributed by atoms with Crippen LogP contribution in [0, 0.1) is 0 Å². The van der Waals surface area contributed by atoms with Crippen LogP contribution in [0.5, 0.6) is 0 Å². The van der Waals surface area contributed by atoms with Gasteiger partial charge in [0, 0.05) is 35.1 Å². The molecule has 0 saturated carbocycles. The first-order valence-electron chi connectivity index (χ1n) is 11.5. The van der Waals surface area contributed by atoms with Crippen LogP contribution in [-0.2, 0) is 4.74 Å². The fourth-order valence-electron chi connectivity index (χ4n) is 5.72. The summed E-state index contributed by atoms with van der Waals surface area (Å²) in [6.45, 7) is 28.4. The van der Waals surface area contributed by atoms with E-state index in [4.69, 9.17) is 4.74 Å².